The SMILES string of the molecule is COc1ccc(C=NNC(=O)c2ccc(Cn3nc([N+](=O)[O-])cc3C)cc2)c(OC)c1OC. The minimum atomic E-state index is -0.533. The van der Waals surface area contributed by atoms with Crippen LogP contribution in [0.25, 0.3) is 0 Å². The van der Waals surface area contributed by atoms with E-state index in [0.717, 1.165) is 5.56 Å². The lowest BCUT2D eigenvalue weighted by Crippen LogP contribution is -2.17. The fraction of sp³-hybridized carbons (Fsp3) is 0.227. The molecule has 0 aliphatic rings. The Labute approximate surface area is 189 Å². The number of hydrogen-bond acceptors (Lipinski definition) is 8. The van der Waals surface area contributed by atoms with Gasteiger partial charge < -0.3 is 24.3 Å². The second kappa shape index (κ2) is 10.3. The third-order valence-corrected chi connectivity index (χ3v) is 4.81. The monoisotopic (exact) mass is 453 g/mol. The van der Waals surface area contributed by atoms with Crippen molar-refractivity contribution in [1.82, 2.24) is 15.2 Å². The molecule has 0 saturated carbocycles. The highest BCUT2D eigenvalue weighted by molar-refractivity contribution is 5.95. The van der Waals surface area contributed by atoms with Gasteiger partial charge in [0.05, 0.1) is 50.9 Å². The van der Waals surface area contributed by atoms with E-state index in [4.69, 9.17) is 14.2 Å². The van der Waals surface area contributed by atoms with Crippen molar-refractivity contribution in [2.75, 3.05) is 21.3 Å². The predicted octanol–water partition coefficient (Wildman–Crippen LogP) is 2.94. The Morgan fingerprint density at radius 2 is 1.82 bits per heavy atom. The van der Waals surface area contributed by atoms with Gasteiger partial charge in [0, 0.05) is 11.1 Å². The largest absolute Gasteiger partial charge is 0.493 e. The average Bonchev–Trinajstić information content (AvgIpc) is 3.19. The van der Waals surface area contributed by atoms with Crippen molar-refractivity contribution in [3.8, 4) is 17.2 Å². The summed E-state index contributed by atoms with van der Waals surface area (Å²) in [4.78, 5) is 22.8. The van der Waals surface area contributed by atoms with Crippen LogP contribution in [-0.4, -0.2) is 48.2 Å². The van der Waals surface area contributed by atoms with Crippen LogP contribution in [-0.2, 0) is 6.54 Å². The van der Waals surface area contributed by atoms with E-state index in [1.54, 1.807) is 43.3 Å². The molecule has 0 atom stereocenters. The Kier molecular flexibility index (Phi) is 7.24. The molecule has 11 heteroatoms. The standard InChI is InChI=1S/C22H23N5O6/c1-14-11-19(27(29)30)25-26(14)13-15-5-7-16(8-6-15)22(28)24-23-12-17-9-10-18(31-2)21(33-4)20(17)32-3/h5-12H,13H2,1-4H3,(H,24,28). The van der Waals surface area contributed by atoms with Crippen molar-refractivity contribution < 1.29 is 23.9 Å². The summed E-state index contributed by atoms with van der Waals surface area (Å²) in [6.45, 7) is 2.09. The van der Waals surface area contributed by atoms with Crippen molar-refractivity contribution in [2.45, 2.75) is 13.5 Å². The summed E-state index contributed by atoms with van der Waals surface area (Å²) in [5.41, 5.74) is 4.97. The molecule has 172 valence electrons. The molecule has 1 N–H and O–H groups in total. The highest BCUT2D eigenvalue weighted by Gasteiger charge is 2.16. The van der Waals surface area contributed by atoms with Gasteiger partial charge in [-0.3, -0.25) is 4.79 Å². The molecule has 0 fully saturated rings. The zero-order valence-electron chi connectivity index (χ0n) is 18.6. The Hall–Kier alpha value is -4.41. The summed E-state index contributed by atoms with van der Waals surface area (Å²) < 4.78 is 17.5. The molecule has 11 nitrogen and oxygen atoms in total. The first-order valence-corrected chi connectivity index (χ1v) is 9.78. The molecule has 1 aromatic heterocycles. The van der Waals surface area contributed by atoms with Crippen LogP contribution in [0, 0.1) is 17.0 Å². The van der Waals surface area contributed by atoms with Gasteiger partial charge in [-0.15, -0.1) is 0 Å². The molecule has 3 aromatic rings. The number of nitrogens with zero attached hydrogens (tertiary/aromatic N) is 4. The minimum absolute atomic E-state index is 0.201. The van der Waals surface area contributed by atoms with Crippen molar-refractivity contribution in [3.05, 3.63) is 75.0 Å². The summed E-state index contributed by atoms with van der Waals surface area (Å²) in [6.07, 6.45) is 1.44. The Balaban J connectivity index is 1.67. The van der Waals surface area contributed by atoms with E-state index in [1.807, 2.05) is 0 Å². The van der Waals surface area contributed by atoms with Crippen molar-refractivity contribution in [3.63, 3.8) is 0 Å². The van der Waals surface area contributed by atoms with Crippen LogP contribution in [0.4, 0.5) is 5.82 Å². The van der Waals surface area contributed by atoms with Gasteiger partial charge in [-0.1, -0.05) is 12.1 Å². The normalized spacial score (nSPS) is 10.8. The molecule has 3 rings (SSSR count). The van der Waals surface area contributed by atoms with Crippen LogP contribution in [0.5, 0.6) is 17.2 Å². The lowest BCUT2D eigenvalue weighted by atomic mass is 10.1. The van der Waals surface area contributed by atoms with E-state index in [-0.39, 0.29) is 5.82 Å². The minimum Gasteiger partial charge on any atom is -0.493 e. The van der Waals surface area contributed by atoms with Gasteiger partial charge in [-0.05, 0) is 41.7 Å². The lowest BCUT2D eigenvalue weighted by molar-refractivity contribution is -0.389. The molecule has 0 radical (unpaired) electrons. The number of hydrogen-bond donors (Lipinski definition) is 1. The third-order valence-electron chi connectivity index (χ3n) is 4.81. The van der Waals surface area contributed by atoms with E-state index >= 15 is 0 Å². The molecule has 33 heavy (non-hydrogen) atoms. The van der Waals surface area contributed by atoms with Gasteiger partial charge >= 0.3 is 5.82 Å². The van der Waals surface area contributed by atoms with Crippen LogP contribution in [0.3, 0.4) is 0 Å². The van der Waals surface area contributed by atoms with E-state index in [0.29, 0.717) is 40.6 Å². The first-order valence-electron chi connectivity index (χ1n) is 9.78. The molecule has 0 aliphatic heterocycles. The number of methoxy groups -OCH3 is 3. The molecular weight excluding hydrogens is 430 g/mol. The molecule has 0 spiro atoms. The second-order valence-corrected chi connectivity index (χ2v) is 6.88. The van der Waals surface area contributed by atoms with Crippen molar-refractivity contribution in [1.29, 1.82) is 0 Å². The fourth-order valence-electron chi connectivity index (χ4n) is 3.13. The van der Waals surface area contributed by atoms with Crippen LogP contribution < -0.4 is 19.6 Å². The topological polar surface area (TPSA) is 130 Å². The van der Waals surface area contributed by atoms with E-state index in [1.165, 1.54) is 38.3 Å². The maximum absolute atomic E-state index is 12.4. The Morgan fingerprint density at radius 1 is 1.12 bits per heavy atom. The quantitative estimate of drug-likeness (QED) is 0.299. The highest BCUT2D eigenvalue weighted by atomic mass is 16.6. The number of nitrogens with one attached hydrogen (secondary N) is 1. The zero-order valence-corrected chi connectivity index (χ0v) is 18.6. The molecular formula is C22H23N5O6. The number of rotatable bonds is 9. The van der Waals surface area contributed by atoms with Gasteiger partial charge in [0.2, 0.25) is 5.75 Å². The fourth-order valence-corrected chi connectivity index (χ4v) is 3.13. The van der Waals surface area contributed by atoms with Gasteiger partial charge in [0.15, 0.2) is 11.5 Å². The molecule has 0 unspecified atom stereocenters. The number of benzene rings is 2. The molecule has 0 saturated heterocycles. The van der Waals surface area contributed by atoms with Gasteiger partial charge in [-0.25, -0.2) is 5.43 Å². The number of aryl methyl sites for hydroxylation is 1. The first-order chi connectivity index (χ1) is 15.9. The van der Waals surface area contributed by atoms with Crippen LogP contribution in [0.15, 0.2) is 47.6 Å². The van der Waals surface area contributed by atoms with Crippen LogP contribution in [0.1, 0.15) is 27.2 Å². The van der Waals surface area contributed by atoms with E-state index in [9.17, 15) is 14.9 Å². The maximum atomic E-state index is 12.4. The number of carbonyl (C=O) groups is 1. The number of aromatic nitrogens is 2. The molecule has 0 aliphatic carbocycles. The molecule has 2 aromatic carbocycles. The number of ether oxygens (including phenoxy) is 3. The van der Waals surface area contributed by atoms with E-state index < -0.39 is 10.8 Å². The first kappa shape index (κ1) is 23.3. The summed E-state index contributed by atoms with van der Waals surface area (Å²) in [6, 6.07) is 11.6. The second-order valence-electron chi connectivity index (χ2n) is 6.88. The third kappa shape index (κ3) is 5.26. The van der Waals surface area contributed by atoms with Crippen molar-refractivity contribution in [2.24, 2.45) is 5.10 Å². The molecule has 1 amide bonds. The van der Waals surface area contributed by atoms with E-state index in [2.05, 4.69) is 15.6 Å². The Morgan fingerprint density at radius 3 is 2.39 bits per heavy atom. The van der Waals surface area contributed by atoms with Gasteiger partial charge in [-0.2, -0.15) is 9.78 Å². The summed E-state index contributed by atoms with van der Waals surface area (Å²) in [5, 5.41) is 18.8. The number of amides is 1. The van der Waals surface area contributed by atoms with Gasteiger partial charge in [0.1, 0.15) is 0 Å². The van der Waals surface area contributed by atoms with Crippen LogP contribution in [0.2, 0.25) is 0 Å². The van der Waals surface area contributed by atoms with Gasteiger partial charge in [0.25, 0.3) is 5.91 Å². The smallest absolute Gasteiger partial charge is 0.390 e. The maximum Gasteiger partial charge on any atom is 0.390 e. The predicted molar refractivity (Wildman–Crippen MR) is 120 cm³/mol. The Bertz CT molecular complexity index is 1190. The van der Waals surface area contributed by atoms with Crippen LogP contribution >= 0.6 is 0 Å². The number of carbonyl (C=O) groups excluding carboxylic acids is 1. The number of nitro groups is 1. The summed E-state index contributed by atoms with van der Waals surface area (Å²) in [5.74, 6) is 0.753. The average molecular weight is 453 g/mol. The molecule has 1 heterocycles. The highest BCUT2D eigenvalue weighted by Crippen LogP contribution is 2.38. The number of hydrazone groups is 1. The summed E-state index contributed by atoms with van der Waals surface area (Å²) in [7, 11) is 4.52. The zero-order chi connectivity index (χ0) is 24.0. The molecule has 0 bridgehead atoms. The lowest BCUT2D eigenvalue weighted by Gasteiger charge is -2.13. The summed E-state index contributed by atoms with van der Waals surface area (Å²) >= 11 is 0. The van der Waals surface area contributed by atoms with Crippen molar-refractivity contribution >= 4 is 17.9 Å².